The predicted octanol–water partition coefficient (Wildman–Crippen LogP) is 21.0. The number of phosphoric acid groups is 2. The quantitative estimate of drug-likeness (QED) is 0.0222. The number of ether oxygens (including phenoxy) is 4. The van der Waals surface area contributed by atoms with Crippen LogP contribution in [0.2, 0.25) is 0 Å². The lowest BCUT2D eigenvalue weighted by molar-refractivity contribution is -0.161. The molecule has 92 heavy (non-hydrogen) atoms. The van der Waals surface area contributed by atoms with Crippen LogP contribution in [0.15, 0.2) is 0 Å². The minimum atomic E-state index is -4.95. The largest absolute Gasteiger partial charge is 0.472 e. The molecule has 0 aromatic carbocycles. The molecule has 546 valence electrons. The molecule has 3 N–H and O–H groups in total. The van der Waals surface area contributed by atoms with Crippen LogP contribution in [0.25, 0.3) is 0 Å². The van der Waals surface area contributed by atoms with Crippen molar-refractivity contribution in [3.63, 3.8) is 0 Å². The average molecular weight is 1350 g/mol. The zero-order valence-corrected chi connectivity index (χ0v) is 61.8. The molecule has 0 spiro atoms. The van der Waals surface area contributed by atoms with Crippen LogP contribution < -0.4 is 0 Å². The summed E-state index contributed by atoms with van der Waals surface area (Å²) in [7, 11) is -9.91. The number of hydrogen-bond acceptors (Lipinski definition) is 15. The van der Waals surface area contributed by atoms with E-state index in [1.165, 1.54) is 173 Å². The standard InChI is InChI=1S/C73H142O17P2/c1-8-10-11-12-13-14-15-16-17-18-19-20-21-22-23-28-33-42-49-56-72(77)89-68(60-83-70(75)54-47-40-32-27-25-24-26-30-37-44-51-64(3)4)62-87-91(79,80)85-58-67(74)59-86-92(81,82)88-63-69(90-73(78)57-50-43-34-29-31-38-45-52-65(5)6)61-84-71(76)55-48-41-36-35-39-46-53-66(7)9-2/h64-69,74H,8-63H2,1-7H3,(H,79,80)(H,81,82)/t66?,67-,68-,69-/m1/s1. The predicted molar refractivity (Wildman–Crippen MR) is 372 cm³/mol. The summed E-state index contributed by atoms with van der Waals surface area (Å²) in [5, 5.41) is 10.6. The molecule has 0 aromatic rings. The van der Waals surface area contributed by atoms with Gasteiger partial charge in [-0.2, -0.15) is 0 Å². The maximum Gasteiger partial charge on any atom is 0.472 e. The topological polar surface area (TPSA) is 237 Å². The monoisotopic (exact) mass is 1350 g/mol. The van der Waals surface area contributed by atoms with Crippen molar-refractivity contribution in [2.75, 3.05) is 39.6 Å². The van der Waals surface area contributed by atoms with Crippen molar-refractivity contribution in [2.45, 2.75) is 388 Å². The van der Waals surface area contributed by atoms with Gasteiger partial charge in [0.05, 0.1) is 26.4 Å². The fourth-order valence-corrected chi connectivity index (χ4v) is 12.6. The molecule has 17 nitrogen and oxygen atoms in total. The van der Waals surface area contributed by atoms with E-state index in [0.29, 0.717) is 31.6 Å². The second-order valence-corrected chi connectivity index (χ2v) is 30.4. The van der Waals surface area contributed by atoms with Gasteiger partial charge in [0, 0.05) is 25.7 Å². The van der Waals surface area contributed by atoms with Gasteiger partial charge in [-0.25, -0.2) is 9.13 Å². The summed E-state index contributed by atoms with van der Waals surface area (Å²) in [6, 6.07) is 0. The van der Waals surface area contributed by atoms with Crippen molar-refractivity contribution in [1.29, 1.82) is 0 Å². The van der Waals surface area contributed by atoms with Gasteiger partial charge >= 0.3 is 39.5 Å². The number of hydrogen-bond donors (Lipinski definition) is 3. The number of rotatable bonds is 71. The average Bonchev–Trinajstić information content (AvgIpc) is 3.69. The van der Waals surface area contributed by atoms with Crippen LogP contribution >= 0.6 is 15.6 Å². The van der Waals surface area contributed by atoms with Crippen molar-refractivity contribution in [3.05, 3.63) is 0 Å². The first-order valence-electron chi connectivity index (χ1n) is 37.9. The zero-order chi connectivity index (χ0) is 68.0. The summed E-state index contributed by atoms with van der Waals surface area (Å²) in [6.07, 6.45) is 48.8. The van der Waals surface area contributed by atoms with Crippen LogP contribution in [0.1, 0.15) is 370 Å². The molecule has 0 amide bonds. The van der Waals surface area contributed by atoms with Crippen molar-refractivity contribution in [2.24, 2.45) is 17.8 Å². The Balaban J connectivity index is 5.22. The second kappa shape index (κ2) is 63.8. The van der Waals surface area contributed by atoms with Crippen LogP contribution in [-0.4, -0.2) is 96.7 Å². The van der Waals surface area contributed by atoms with Crippen LogP contribution in [0.5, 0.6) is 0 Å². The summed E-state index contributed by atoms with van der Waals surface area (Å²) in [6.45, 7) is 11.8. The van der Waals surface area contributed by atoms with E-state index in [1.54, 1.807) is 0 Å². The highest BCUT2D eigenvalue weighted by atomic mass is 31.2. The molecule has 0 rings (SSSR count). The van der Waals surface area contributed by atoms with Crippen LogP contribution in [-0.2, 0) is 65.4 Å². The first kappa shape index (κ1) is 90.1. The van der Waals surface area contributed by atoms with E-state index in [0.717, 1.165) is 108 Å². The Kier molecular flexibility index (Phi) is 62.4. The van der Waals surface area contributed by atoms with E-state index < -0.39 is 97.5 Å². The molecule has 0 aliphatic heterocycles. The summed E-state index contributed by atoms with van der Waals surface area (Å²) < 4.78 is 68.4. The van der Waals surface area contributed by atoms with Gasteiger partial charge in [-0.15, -0.1) is 0 Å². The molecule has 19 heteroatoms. The number of esters is 4. The Bertz CT molecular complexity index is 1800. The van der Waals surface area contributed by atoms with Gasteiger partial charge in [-0.05, 0) is 43.4 Å². The third-order valence-corrected chi connectivity index (χ3v) is 19.1. The summed E-state index contributed by atoms with van der Waals surface area (Å²) in [4.78, 5) is 72.6. The molecule has 0 aromatic heterocycles. The highest BCUT2D eigenvalue weighted by Crippen LogP contribution is 2.45. The molecule has 3 unspecified atom stereocenters. The van der Waals surface area contributed by atoms with Crippen molar-refractivity contribution in [3.8, 4) is 0 Å². The third-order valence-electron chi connectivity index (χ3n) is 17.2. The number of aliphatic hydroxyl groups excluding tert-OH is 1. The zero-order valence-electron chi connectivity index (χ0n) is 60.0. The van der Waals surface area contributed by atoms with Gasteiger partial charge < -0.3 is 33.8 Å². The van der Waals surface area contributed by atoms with E-state index >= 15 is 0 Å². The Labute approximate surface area is 562 Å². The number of carbonyl (C=O) groups excluding carboxylic acids is 4. The Morgan fingerprint density at radius 3 is 0.826 bits per heavy atom. The first-order valence-corrected chi connectivity index (χ1v) is 40.9. The molecule has 0 saturated carbocycles. The van der Waals surface area contributed by atoms with Gasteiger partial charge in [0.1, 0.15) is 19.3 Å². The lowest BCUT2D eigenvalue weighted by atomic mass is 10.00. The van der Waals surface area contributed by atoms with Gasteiger partial charge in [0.2, 0.25) is 0 Å². The third kappa shape index (κ3) is 65.4. The molecule has 0 aliphatic carbocycles. The van der Waals surface area contributed by atoms with Crippen molar-refractivity contribution in [1.82, 2.24) is 0 Å². The molecule has 0 aliphatic rings. The Morgan fingerprint density at radius 1 is 0.315 bits per heavy atom. The summed E-state index contributed by atoms with van der Waals surface area (Å²) in [5.41, 5.74) is 0. The Hall–Kier alpha value is -1.94. The van der Waals surface area contributed by atoms with Gasteiger partial charge in [-0.3, -0.25) is 37.3 Å². The van der Waals surface area contributed by atoms with Crippen LogP contribution in [0.4, 0.5) is 0 Å². The lowest BCUT2D eigenvalue weighted by Crippen LogP contribution is -2.30. The number of aliphatic hydroxyl groups is 1. The molecule has 0 fully saturated rings. The van der Waals surface area contributed by atoms with E-state index in [1.807, 2.05) is 0 Å². The van der Waals surface area contributed by atoms with Crippen LogP contribution in [0.3, 0.4) is 0 Å². The molecule has 6 atom stereocenters. The van der Waals surface area contributed by atoms with Gasteiger partial charge in [0.15, 0.2) is 12.2 Å². The fraction of sp³-hybridized carbons (Fsp3) is 0.945. The van der Waals surface area contributed by atoms with Gasteiger partial charge in [0.25, 0.3) is 0 Å². The SMILES string of the molecule is CCCCCCCCCCCCCCCCCCCCCC(=O)O[C@H](COC(=O)CCCCCCCCCCCCC(C)C)COP(=O)(O)OC[C@@H](O)COP(=O)(O)OC[C@@H](COC(=O)CCCCCCCCC(C)CC)OC(=O)CCCCCCCCCC(C)C. The molecule has 0 saturated heterocycles. The van der Waals surface area contributed by atoms with E-state index in [4.69, 9.17) is 37.0 Å². The van der Waals surface area contributed by atoms with Crippen molar-refractivity contribution < 1.29 is 80.2 Å². The number of phosphoric ester groups is 2. The molecule has 0 bridgehead atoms. The van der Waals surface area contributed by atoms with E-state index in [-0.39, 0.29) is 25.7 Å². The molecular weight excluding hydrogens is 1210 g/mol. The van der Waals surface area contributed by atoms with E-state index in [2.05, 4.69) is 48.5 Å². The normalized spacial score (nSPS) is 14.4. The minimum absolute atomic E-state index is 0.102. The molecule has 0 heterocycles. The first-order chi connectivity index (χ1) is 44.3. The van der Waals surface area contributed by atoms with Crippen LogP contribution in [0, 0.1) is 17.8 Å². The highest BCUT2D eigenvalue weighted by molar-refractivity contribution is 7.47. The lowest BCUT2D eigenvalue weighted by Gasteiger charge is -2.21. The van der Waals surface area contributed by atoms with Crippen molar-refractivity contribution >= 4 is 39.5 Å². The van der Waals surface area contributed by atoms with E-state index in [9.17, 15) is 43.2 Å². The Morgan fingerprint density at radius 2 is 0.554 bits per heavy atom. The summed E-state index contributed by atoms with van der Waals surface area (Å²) in [5.74, 6) is 0.0588. The highest BCUT2D eigenvalue weighted by Gasteiger charge is 2.30. The minimum Gasteiger partial charge on any atom is -0.462 e. The fourth-order valence-electron chi connectivity index (χ4n) is 11.0. The second-order valence-electron chi connectivity index (χ2n) is 27.5. The number of unbranched alkanes of at least 4 members (excludes halogenated alkanes) is 38. The number of carbonyl (C=O) groups is 4. The van der Waals surface area contributed by atoms with Gasteiger partial charge in [-0.1, -0.05) is 318 Å². The summed E-state index contributed by atoms with van der Waals surface area (Å²) >= 11 is 0. The smallest absolute Gasteiger partial charge is 0.462 e. The molecular formula is C73H142O17P2. The molecule has 0 radical (unpaired) electrons. The maximum atomic E-state index is 13.1. The maximum absolute atomic E-state index is 13.1.